The van der Waals surface area contributed by atoms with E-state index in [1.807, 2.05) is 0 Å². The van der Waals surface area contributed by atoms with E-state index >= 15 is 0 Å². The molecule has 0 atom stereocenters. The lowest BCUT2D eigenvalue weighted by atomic mass is 9.95. The number of piperazine rings is 1. The second-order valence-electron chi connectivity index (χ2n) is 6.29. The summed E-state index contributed by atoms with van der Waals surface area (Å²) in [4.78, 5) is 15.5. The van der Waals surface area contributed by atoms with E-state index in [-0.39, 0.29) is 43.8 Å². The van der Waals surface area contributed by atoms with Crippen molar-refractivity contribution in [3.63, 3.8) is 0 Å². The predicted molar refractivity (Wildman–Crippen MR) is 82.8 cm³/mol. The highest BCUT2D eigenvalue weighted by Gasteiger charge is 2.36. The number of rotatable bonds is 4. The van der Waals surface area contributed by atoms with Crippen molar-refractivity contribution in [3.8, 4) is 0 Å². The number of carbonyl (C=O) groups excluding carboxylic acids is 1. The van der Waals surface area contributed by atoms with Gasteiger partial charge in [-0.05, 0) is 32.9 Å². The van der Waals surface area contributed by atoms with Crippen molar-refractivity contribution in [3.05, 3.63) is 0 Å². The zero-order chi connectivity index (χ0) is 18.0. The Labute approximate surface area is 140 Å². The fourth-order valence-corrected chi connectivity index (χ4v) is 4.30. The van der Waals surface area contributed by atoms with Gasteiger partial charge in [0.15, 0.2) is 0 Å². The molecule has 0 radical (unpaired) electrons. The zero-order valence-electron chi connectivity index (χ0n) is 13.8. The van der Waals surface area contributed by atoms with Crippen molar-refractivity contribution in [1.82, 2.24) is 14.1 Å². The van der Waals surface area contributed by atoms with Crippen LogP contribution < -0.4 is 0 Å². The Bertz CT molecular complexity index is 537. The molecular formula is C14H24F3N3O3S. The molecule has 24 heavy (non-hydrogen) atoms. The molecule has 0 bridgehead atoms. The van der Waals surface area contributed by atoms with Crippen LogP contribution in [0.5, 0.6) is 0 Å². The number of hydrogen-bond acceptors (Lipinski definition) is 4. The van der Waals surface area contributed by atoms with Gasteiger partial charge in [0.25, 0.3) is 0 Å². The first-order valence-electron chi connectivity index (χ1n) is 8.18. The summed E-state index contributed by atoms with van der Waals surface area (Å²) < 4.78 is 62.1. The maximum Gasteiger partial charge on any atom is 0.401 e. The van der Waals surface area contributed by atoms with Gasteiger partial charge in [0, 0.05) is 32.1 Å². The van der Waals surface area contributed by atoms with Gasteiger partial charge in [-0.1, -0.05) is 0 Å². The molecule has 10 heteroatoms. The minimum absolute atomic E-state index is 0.0403. The first kappa shape index (κ1) is 19.5. The van der Waals surface area contributed by atoms with Crippen molar-refractivity contribution in [2.75, 3.05) is 51.6 Å². The summed E-state index contributed by atoms with van der Waals surface area (Å²) in [6.45, 7) is 2.45. The number of halogens is 3. The van der Waals surface area contributed by atoms with Crippen LogP contribution in [-0.2, 0) is 14.8 Å². The normalized spacial score (nSPS) is 22.8. The smallest absolute Gasteiger partial charge is 0.340 e. The Hall–Kier alpha value is -0.870. The molecule has 0 saturated carbocycles. The third-order valence-electron chi connectivity index (χ3n) is 4.65. The van der Waals surface area contributed by atoms with E-state index in [1.165, 1.54) is 9.21 Å². The zero-order valence-corrected chi connectivity index (χ0v) is 14.6. The van der Waals surface area contributed by atoms with Crippen LogP contribution in [0.3, 0.4) is 0 Å². The maximum absolute atomic E-state index is 12.5. The Balaban J connectivity index is 1.80. The Kier molecular flexibility index (Phi) is 6.14. The molecule has 2 aliphatic rings. The third-order valence-corrected chi connectivity index (χ3v) is 6.53. The molecule has 0 aromatic rings. The molecule has 0 aromatic carbocycles. The minimum Gasteiger partial charge on any atom is -0.340 e. The number of piperidine rings is 1. The van der Waals surface area contributed by atoms with Crippen molar-refractivity contribution < 1.29 is 26.4 Å². The molecule has 6 nitrogen and oxygen atoms in total. The van der Waals surface area contributed by atoms with Crippen LogP contribution in [0.15, 0.2) is 0 Å². The van der Waals surface area contributed by atoms with E-state index in [0.29, 0.717) is 25.9 Å². The van der Waals surface area contributed by atoms with Crippen LogP contribution in [0, 0.1) is 5.92 Å². The van der Waals surface area contributed by atoms with E-state index in [9.17, 15) is 26.4 Å². The highest BCUT2D eigenvalue weighted by Crippen LogP contribution is 2.24. The standard InChI is InChI=1S/C14H24F3N3O3S/c1-2-24(22,23)20-9-7-19(8-10-20)13(21)12-3-5-18(6-4-12)11-14(15,16)17/h12H,2-11H2,1H3. The first-order chi connectivity index (χ1) is 11.1. The fraction of sp³-hybridized carbons (Fsp3) is 0.929. The summed E-state index contributed by atoms with van der Waals surface area (Å²) in [7, 11) is -3.24. The molecule has 0 aliphatic carbocycles. The van der Waals surface area contributed by atoms with Crippen molar-refractivity contribution >= 4 is 15.9 Å². The first-order valence-corrected chi connectivity index (χ1v) is 9.79. The molecular weight excluding hydrogens is 347 g/mol. The van der Waals surface area contributed by atoms with Gasteiger partial charge in [-0.3, -0.25) is 9.69 Å². The summed E-state index contributed by atoms with van der Waals surface area (Å²) in [6, 6.07) is 0. The molecule has 2 fully saturated rings. The molecule has 0 aromatic heterocycles. The Morgan fingerprint density at radius 3 is 2.04 bits per heavy atom. The van der Waals surface area contributed by atoms with Crippen molar-refractivity contribution in [2.24, 2.45) is 5.92 Å². The van der Waals surface area contributed by atoms with Gasteiger partial charge in [-0.15, -0.1) is 0 Å². The molecule has 1 amide bonds. The summed E-state index contributed by atoms with van der Waals surface area (Å²) in [5.74, 6) is -0.280. The fourth-order valence-electron chi connectivity index (χ4n) is 3.22. The second kappa shape index (κ2) is 7.57. The van der Waals surface area contributed by atoms with Crippen molar-refractivity contribution in [2.45, 2.75) is 25.9 Å². The topological polar surface area (TPSA) is 60.9 Å². The summed E-state index contributed by atoms with van der Waals surface area (Å²) in [5, 5.41) is 0. The third kappa shape index (κ3) is 5.06. The molecule has 0 N–H and O–H groups in total. The van der Waals surface area contributed by atoms with Gasteiger partial charge in [0.05, 0.1) is 12.3 Å². The van der Waals surface area contributed by atoms with Crippen LogP contribution >= 0.6 is 0 Å². The van der Waals surface area contributed by atoms with Crippen LogP contribution in [0.2, 0.25) is 0 Å². The Morgan fingerprint density at radius 2 is 1.58 bits per heavy atom. The Morgan fingerprint density at radius 1 is 1.04 bits per heavy atom. The van der Waals surface area contributed by atoms with E-state index in [4.69, 9.17) is 0 Å². The number of alkyl halides is 3. The molecule has 0 spiro atoms. The molecule has 2 rings (SSSR count). The summed E-state index contributed by atoms with van der Waals surface area (Å²) in [6.07, 6.45) is -3.37. The largest absolute Gasteiger partial charge is 0.401 e. The molecule has 140 valence electrons. The monoisotopic (exact) mass is 371 g/mol. The van der Waals surface area contributed by atoms with E-state index in [1.54, 1.807) is 11.8 Å². The maximum atomic E-state index is 12.5. The van der Waals surface area contributed by atoms with Gasteiger partial charge >= 0.3 is 6.18 Å². The summed E-state index contributed by atoms with van der Waals surface area (Å²) in [5.41, 5.74) is 0. The average molecular weight is 371 g/mol. The van der Waals surface area contributed by atoms with Crippen LogP contribution in [0.25, 0.3) is 0 Å². The van der Waals surface area contributed by atoms with E-state index < -0.39 is 22.7 Å². The molecule has 2 aliphatic heterocycles. The van der Waals surface area contributed by atoms with Gasteiger partial charge in [0.2, 0.25) is 15.9 Å². The molecule has 0 unspecified atom stereocenters. The highest BCUT2D eigenvalue weighted by molar-refractivity contribution is 7.89. The summed E-state index contributed by atoms with van der Waals surface area (Å²) >= 11 is 0. The van der Waals surface area contributed by atoms with E-state index in [2.05, 4.69) is 0 Å². The lowest BCUT2D eigenvalue weighted by molar-refractivity contribution is -0.151. The SMILES string of the molecule is CCS(=O)(=O)N1CCN(C(=O)C2CCN(CC(F)(F)F)CC2)CC1. The highest BCUT2D eigenvalue weighted by atomic mass is 32.2. The van der Waals surface area contributed by atoms with Crippen LogP contribution in [0.1, 0.15) is 19.8 Å². The quantitative estimate of drug-likeness (QED) is 0.732. The lowest BCUT2D eigenvalue weighted by Gasteiger charge is -2.38. The average Bonchev–Trinajstić information content (AvgIpc) is 2.53. The molecule has 2 heterocycles. The molecule has 2 saturated heterocycles. The number of nitrogens with zero attached hydrogens (tertiary/aromatic N) is 3. The number of amides is 1. The number of likely N-dealkylation sites (tertiary alicyclic amines) is 1. The predicted octanol–water partition coefficient (Wildman–Crippen LogP) is 0.755. The van der Waals surface area contributed by atoms with Gasteiger partial charge in [-0.25, -0.2) is 8.42 Å². The number of sulfonamides is 1. The van der Waals surface area contributed by atoms with Crippen LogP contribution in [0.4, 0.5) is 13.2 Å². The lowest BCUT2D eigenvalue weighted by Crippen LogP contribution is -2.53. The van der Waals surface area contributed by atoms with Gasteiger partial charge in [-0.2, -0.15) is 17.5 Å². The van der Waals surface area contributed by atoms with Gasteiger partial charge < -0.3 is 4.90 Å². The number of carbonyl (C=O) groups is 1. The van der Waals surface area contributed by atoms with Crippen molar-refractivity contribution in [1.29, 1.82) is 0 Å². The van der Waals surface area contributed by atoms with E-state index in [0.717, 1.165) is 0 Å². The minimum atomic E-state index is -4.21. The second-order valence-corrected chi connectivity index (χ2v) is 8.55. The van der Waals surface area contributed by atoms with Gasteiger partial charge in [0.1, 0.15) is 0 Å². The van der Waals surface area contributed by atoms with Crippen LogP contribution in [-0.4, -0.2) is 86.2 Å². The number of hydrogen-bond donors (Lipinski definition) is 0.